The maximum Gasteiger partial charge on any atom is 0.573 e. The Labute approximate surface area is 83.4 Å². The lowest BCUT2D eigenvalue weighted by molar-refractivity contribution is -0.275. The average Bonchev–Trinajstić information content (AvgIpc) is 1.95. The van der Waals surface area contributed by atoms with Gasteiger partial charge in [0.25, 0.3) is 5.56 Å². The van der Waals surface area contributed by atoms with Gasteiger partial charge in [-0.1, -0.05) is 0 Å². The van der Waals surface area contributed by atoms with Crippen molar-refractivity contribution in [3.63, 3.8) is 0 Å². The number of halogens is 4. The van der Waals surface area contributed by atoms with Crippen molar-refractivity contribution in [2.24, 2.45) is 0 Å². The van der Waals surface area contributed by atoms with E-state index < -0.39 is 23.4 Å². The zero-order valence-corrected chi connectivity index (χ0v) is 7.94. The van der Waals surface area contributed by atoms with Crippen molar-refractivity contribution >= 4 is 15.9 Å². The molecule has 4 nitrogen and oxygen atoms in total. The van der Waals surface area contributed by atoms with Crippen LogP contribution in [0.4, 0.5) is 13.2 Å². The highest BCUT2D eigenvalue weighted by Gasteiger charge is 2.33. The van der Waals surface area contributed by atoms with Crippen LogP contribution in [0.1, 0.15) is 0 Å². The smallest absolute Gasteiger partial charge is 0.504 e. The summed E-state index contributed by atoms with van der Waals surface area (Å²) in [7, 11) is 0. The molecule has 14 heavy (non-hydrogen) atoms. The minimum absolute atomic E-state index is 0.0505. The fourth-order valence-electron chi connectivity index (χ4n) is 0.718. The van der Waals surface area contributed by atoms with Gasteiger partial charge < -0.3 is 14.8 Å². The first-order chi connectivity index (χ1) is 6.29. The number of rotatable bonds is 1. The van der Waals surface area contributed by atoms with Crippen LogP contribution in [-0.2, 0) is 0 Å². The number of alkyl halides is 3. The van der Waals surface area contributed by atoms with E-state index in [-0.39, 0.29) is 4.60 Å². The molecule has 0 aromatic carbocycles. The number of hydrogen-bond acceptors (Lipinski definition) is 3. The van der Waals surface area contributed by atoms with Crippen LogP contribution in [0.2, 0.25) is 0 Å². The van der Waals surface area contributed by atoms with Gasteiger partial charge in [-0.05, 0) is 15.9 Å². The van der Waals surface area contributed by atoms with Gasteiger partial charge in [0.2, 0.25) is 5.75 Å². The Morgan fingerprint density at radius 3 is 2.50 bits per heavy atom. The Kier molecular flexibility index (Phi) is 2.74. The Morgan fingerprint density at radius 2 is 2.07 bits per heavy atom. The third-order valence-corrected chi connectivity index (χ3v) is 1.58. The van der Waals surface area contributed by atoms with E-state index in [1.807, 2.05) is 4.98 Å². The summed E-state index contributed by atoms with van der Waals surface area (Å²) in [6.45, 7) is 0. The molecule has 0 amide bonds. The number of hydrogen-bond donors (Lipinski definition) is 2. The van der Waals surface area contributed by atoms with Crippen LogP contribution in [-0.4, -0.2) is 16.5 Å². The molecular weight excluding hydrogens is 271 g/mol. The number of aromatic hydroxyl groups is 1. The van der Waals surface area contributed by atoms with Gasteiger partial charge in [0.15, 0.2) is 5.75 Å². The Balaban J connectivity index is 3.16. The van der Waals surface area contributed by atoms with Crippen LogP contribution >= 0.6 is 15.9 Å². The number of pyridine rings is 1. The third-order valence-electron chi connectivity index (χ3n) is 1.15. The lowest BCUT2D eigenvalue weighted by atomic mass is 10.4. The fraction of sp³-hybridized carbons (Fsp3) is 0.167. The predicted octanol–water partition coefficient (Wildman–Crippen LogP) is 1.74. The summed E-state index contributed by atoms with van der Waals surface area (Å²) in [4.78, 5) is 12.8. The molecule has 0 unspecified atom stereocenters. The molecule has 0 spiro atoms. The summed E-state index contributed by atoms with van der Waals surface area (Å²) in [6, 6.07) is 0.877. The van der Waals surface area contributed by atoms with Gasteiger partial charge in [0, 0.05) is 6.07 Å². The summed E-state index contributed by atoms with van der Waals surface area (Å²) in [5, 5.41) is 8.96. The van der Waals surface area contributed by atoms with E-state index in [9.17, 15) is 18.0 Å². The van der Waals surface area contributed by atoms with Gasteiger partial charge in [-0.25, -0.2) is 0 Å². The zero-order chi connectivity index (χ0) is 10.9. The number of nitrogens with one attached hydrogen (secondary N) is 1. The van der Waals surface area contributed by atoms with Gasteiger partial charge in [0.1, 0.15) is 0 Å². The molecule has 0 atom stereocenters. The van der Waals surface area contributed by atoms with Crippen LogP contribution in [0, 0.1) is 0 Å². The van der Waals surface area contributed by atoms with E-state index >= 15 is 0 Å². The van der Waals surface area contributed by atoms with Gasteiger partial charge in [0.05, 0.1) is 4.60 Å². The fourth-order valence-corrected chi connectivity index (χ4v) is 1.11. The summed E-state index contributed by atoms with van der Waals surface area (Å²) in [5.41, 5.74) is -1.17. The first-order valence-corrected chi connectivity index (χ1v) is 3.96. The van der Waals surface area contributed by atoms with Crippen molar-refractivity contribution in [2.45, 2.75) is 6.36 Å². The van der Waals surface area contributed by atoms with E-state index in [2.05, 4.69) is 20.7 Å². The topological polar surface area (TPSA) is 62.3 Å². The number of H-pyrrole nitrogens is 1. The SMILES string of the molecule is O=c1[nH]c(Br)cc(O)c1OC(F)(F)F. The lowest BCUT2D eigenvalue weighted by Gasteiger charge is -2.08. The molecule has 2 N–H and O–H groups in total. The number of aromatic nitrogens is 1. The highest BCUT2D eigenvalue weighted by molar-refractivity contribution is 9.10. The Bertz CT molecular complexity index is 400. The predicted molar refractivity (Wildman–Crippen MR) is 43.1 cm³/mol. The molecule has 1 aromatic heterocycles. The van der Waals surface area contributed by atoms with Crippen molar-refractivity contribution in [3.05, 3.63) is 21.0 Å². The highest BCUT2D eigenvalue weighted by atomic mass is 79.9. The largest absolute Gasteiger partial charge is 0.573 e. The van der Waals surface area contributed by atoms with Gasteiger partial charge in [-0.3, -0.25) is 4.79 Å². The minimum Gasteiger partial charge on any atom is -0.504 e. The second kappa shape index (κ2) is 3.52. The maximum absolute atomic E-state index is 11.7. The second-order valence-electron chi connectivity index (χ2n) is 2.21. The Morgan fingerprint density at radius 1 is 1.50 bits per heavy atom. The minimum atomic E-state index is -5.02. The first-order valence-electron chi connectivity index (χ1n) is 3.17. The average molecular weight is 274 g/mol. The van der Waals surface area contributed by atoms with Gasteiger partial charge >= 0.3 is 6.36 Å². The van der Waals surface area contributed by atoms with Crippen molar-refractivity contribution < 1.29 is 23.0 Å². The molecule has 0 aliphatic heterocycles. The van der Waals surface area contributed by atoms with Gasteiger partial charge in [-0.15, -0.1) is 13.2 Å². The molecule has 8 heteroatoms. The van der Waals surface area contributed by atoms with Crippen LogP contribution in [0.25, 0.3) is 0 Å². The van der Waals surface area contributed by atoms with Crippen LogP contribution in [0.5, 0.6) is 11.5 Å². The molecule has 1 heterocycles. The Hall–Kier alpha value is -1.18. The molecule has 0 bridgehead atoms. The molecule has 0 saturated carbocycles. The zero-order valence-electron chi connectivity index (χ0n) is 6.35. The summed E-state index contributed by atoms with van der Waals surface area (Å²) < 4.78 is 38.5. The molecule has 0 aliphatic rings. The van der Waals surface area contributed by atoms with E-state index in [1.54, 1.807) is 0 Å². The van der Waals surface area contributed by atoms with E-state index in [0.717, 1.165) is 6.07 Å². The molecule has 1 rings (SSSR count). The molecule has 0 aliphatic carbocycles. The van der Waals surface area contributed by atoms with Crippen molar-refractivity contribution in [3.8, 4) is 11.5 Å². The van der Waals surface area contributed by atoms with Gasteiger partial charge in [-0.2, -0.15) is 0 Å². The molecule has 78 valence electrons. The lowest BCUT2D eigenvalue weighted by Crippen LogP contribution is -2.22. The highest BCUT2D eigenvalue weighted by Crippen LogP contribution is 2.28. The second-order valence-corrected chi connectivity index (χ2v) is 3.06. The standard InChI is InChI=1S/C6H3BrF3NO3/c7-3-1-2(12)4(5(13)11-3)14-6(8,9)10/h1H,(H2,11,12,13). The van der Waals surface area contributed by atoms with Crippen LogP contribution in [0.3, 0.4) is 0 Å². The normalized spacial score (nSPS) is 11.4. The molecule has 0 fully saturated rings. The number of aromatic amines is 1. The van der Waals surface area contributed by atoms with E-state index in [0.29, 0.717) is 0 Å². The molecule has 0 saturated heterocycles. The summed E-state index contributed by atoms with van der Waals surface area (Å²) in [5.74, 6) is -2.07. The molecular formula is C6H3BrF3NO3. The summed E-state index contributed by atoms with van der Waals surface area (Å²) in [6.07, 6.45) is -5.02. The van der Waals surface area contributed by atoms with Crippen molar-refractivity contribution in [1.29, 1.82) is 0 Å². The molecule has 1 aromatic rings. The third kappa shape index (κ3) is 2.66. The number of ether oxygens (including phenoxy) is 1. The van der Waals surface area contributed by atoms with E-state index in [4.69, 9.17) is 5.11 Å². The van der Waals surface area contributed by atoms with Crippen LogP contribution < -0.4 is 10.3 Å². The first kappa shape index (κ1) is 10.9. The van der Waals surface area contributed by atoms with Crippen molar-refractivity contribution in [2.75, 3.05) is 0 Å². The quantitative estimate of drug-likeness (QED) is 0.767. The monoisotopic (exact) mass is 273 g/mol. The maximum atomic E-state index is 11.7. The summed E-state index contributed by atoms with van der Waals surface area (Å²) >= 11 is 2.77. The van der Waals surface area contributed by atoms with E-state index in [1.165, 1.54) is 0 Å². The van der Waals surface area contributed by atoms with Crippen LogP contribution in [0.15, 0.2) is 15.5 Å². The molecule has 0 radical (unpaired) electrons. The van der Waals surface area contributed by atoms with Crippen molar-refractivity contribution in [1.82, 2.24) is 4.98 Å².